The molecule has 0 fully saturated rings. The number of unbranched alkanes of at least 4 members (excludes halogenated alkanes) is 2. The van der Waals surface area contributed by atoms with E-state index in [9.17, 15) is 8.78 Å². The number of rotatable bonds is 9. The van der Waals surface area contributed by atoms with Crippen molar-refractivity contribution in [1.82, 2.24) is 5.32 Å². The molecule has 0 aromatic heterocycles. The minimum atomic E-state index is -0.876. The average molecular weight is 271 g/mol. The molecule has 0 bridgehead atoms. The number of halogens is 2. The molecule has 0 aliphatic carbocycles. The summed E-state index contributed by atoms with van der Waals surface area (Å²) in [7, 11) is 0. The molecule has 0 saturated carbocycles. The second-order valence-electron chi connectivity index (χ2n) is 4.78. The third-order valence-corrected chi connectivity index (χ3v) is 3.00. The number of nitrogens with one attached hydrogen (secondary N) is 1. The van der Waals surface area contributed by atoms with Gasteiger partial charge in [-0.2, -0.15) is 0 Å². The van der Waals surface area contributed by atoms with Crippen LogP contribution in [0.3, 0.4) is 0 Å². The number of benzene rings is 1. The van der Waals surface area contributed by atoms with Gasteiger partial charge in [0.05, 0.1) is 0 Å². The molecule has 0 heterocycles. The van der Waals surface area contributed by atoms with E-state index in [1.165, 1.54) is 25.3 Å². The van der Waals surface area contributed by atoms with E-state index in [-0.39, 0.29) is 0 Å². The van der Waals surface area contributed by atoms with Gasteiger partial charge in [0.1, 0.15) is 12.4 Å². The lowest BCUT2D eigenvalue weighted by Crippen LogP contribution is -2.30. The van der Waals surface area contributed by atoms with Gasteiger partial charge in [-0.1, -0.05) is 26.2 Å². The Balaban J connectivity index is 2.14. The Morgan fingerprint density at radius 2 is 2.00 bits per heavy atom. The largest absolute Gasteiger partial charge is 0.492 e. The van der Waals surface area contributed by atoms with Crippen molar-refractivity contribution in [2.24, 2.45) is 0 Å². The minimum Gasteiger partial charge on any atom is -0.492 e. The fraction of sp³-hybridized carbons (Fsp3) is 0.600. The van der Waals surface area contributed by atoms with Gasteiger partial charge in [0.25, 0.3) is 0 Å². The second kappa shape index (κ2) is 8.86. The van der Waals surface area contributed by atoms with Gasteiger partial charge in [-0.05, 0) is 25.5 Å². The summed E-state index contributed by atoms with van der Waals surface area (Å²) in [6.45, 7) is 5.48. The molecule has 108 valence electrons. The minimum absolute atomic E-state index is 0.360. The van der Waals surface area contributed by atoms with E-state index in [1.807, 2.05) is 0 Å². The van der Waals surface area contributed by atoms with Crippen LogP contribution in [0.25, 0.3) is 0 Å². The monoisotopic (exact) mass is 271 g/mol. The molecule has 0 saturated heterocycles. The highest BCUT2D eigenvalue weighted by atomic mass is 19.2. The van der Waals surface area contributed by atoms with Crippen molar-refractivity contribution in [2.45, 2.75) is 45.6 Å². The topological polar surface area (TPSA) is 21.3 Å². The molecule has 19 heavy (non-hydrogen) atoms. The van der Waals surface area contributed by atoms with E-state index in [1.54, 1.807) is 0 Å². The summed E-state index contributed by atoms with van der Waals surface area (Å²) < 4.78 is 31.0. The standard InChI is InChI=1S/C15H23F2NO/c1-3-4-5-6-12(2)18-9-10-19-13-7-8-14(16)15(17)11-13/h7-8,11-12,18H,3-6,9-10H2,1-2H3. The summed E-state index contributed by atoms with van der Waals surface area (Å²) in [6.07, 6.45) is 4.87. The molecule has 0 radical (unpaired) electrons. The SMILES string of the molecule is CCCCCC(C)NCCOc1ccc(F)c(F)c1. The molecule has 4 heteroatoms. The Morgan fingerprint density at radius 3 is 2.68 bits per heavy atom. The molecule has 1 atom stereocenters. The van der Waals surface area contributed by atoms with E-state index in [2.05, 4.69) is 19.2 Å². The fourth-order valence-electron chi connectivity index (χ4n) is 1.84. The molecule has 0 amide bonds. The highest BCUT2D eigenvalue weighted by Crippen LogP contribution is 2.15. The summed E-state index contributed by atoms with van der Waals surface area (Å²) in [5, 5.41) is 3.34. The zero-order valence-corrected chi connectivity index (χ0v) is 11.7. The van der Waals surface area contributed by atoms with Crippen molar-refractivity contribution in [2.75, 3.05) is 13.2 Å². The molecule has 1 aromatic rings. The van der Waals surface area contributed by atoms with Gasteiger partial charge in [-0.25, -0.2) is 8.78 Å². The van der Waals surface area contributed by atoms with Crippen molar-refractivity contribution in [3.05, 3.63) is 29.8 Å². The van der Waals surface area contributed by atoms with E-state index in [0.717, 1.165) is 18.6 Å². The lowest BCUT2D eigenvalue weighted by Gasteiger charge is -2.14. The summed E-state index contributed by atoms with van der Waals surface area (Å²) in [6, 6.07) is 4.04. The first-order chi connectivity index (χ1) is 9.13. The molecule has 0 aliphatic rings. The Bertz CT molecular complexity index is 371. The molecular weight excluding hydrogens is 248 g/mol. The van der Waals surface area contributed by atoms with Gasteiger partial charge < -0.3 is 10.1 Å². The van der Waals surface area contributed by atoms with Gasteiger partial charge in [-0.3, -0.25) is 0 Å². The molecule has 0 aliphatic heterocycles. The Morgan fingerprint density at radius 1 is 1.21 bits per heavy atom. The van der Waals surface area contributed by atoms with Crippen LogP contribution in [0.5, 0.6) is 5.75 Å². The fourth-order valence-corrected chi connectivity index (χ4v) is 1.84. The summed E-state index contributed by atoms with van der Waals surface area (Å²) in [4.78, 5) is 0. The van der Waals surface area contributed by atoms with Crippen LogP contribution in [-0.2, 0) is 0 Å². The quantitative estimate of drug-likeness (QED) is 0.688. The maximum Gasteiger partial charge on any atom is 0.162 e. The van der Waals surface area contributed by atoms with Gasteiger partial charge in [0, 0.05) is 18.7 Å². The lowest BCUT2D eigenvalue weighted by molar-refractivity contribution is 0.301. The Hall–Kier alpha value is -1.16. The van der Waals surface area contributed by atoms with Crippen LogP contribution in [0, 0.1) is 11.6 Å². The van der Waals surface area contributed by atoms with E-state index in [0.29, 0.717) is 24.9 Å². The first-order valence-corrected chi connectivity index (χ1v) is 6.94. The lowest BCUT2D eigenvalue weighted by atomic mass is 10.1. The maximum absolute atomic E-state index is 12.9. The third-order valence-electron chi connectivity index (χ3n) is 3.00. The number of hydrogen-bond donors (Lipinski definition) is 1. The van der Waals surface area contributed by atoms with Crippen molar-refractivity contribution < 1.29 is 13.5 Å². The van der Waals surface area contributed by atoms with Crippen LogP contribution in [0.4, 0.5) is 8.78 Å². The molecule has 2 nitrogen and oxygen atoms in total. The van der Waals surface area contributed by atoms with Crippen molar-refractivity contribution >= 4 is 0 Å². The summed E-state index contributed by atoms with van der Waals surface area (Å²) in [5.41, 5.74) is 0. The highest BCUT2D eigenvalue weighted by molar-refractivity contribution is 5.23. The van der Waals surface area contributed by atoms with Crippen LogP contribution < -0.4 is 10.1 Å². The summed E-state index contributed by atoms with van der Waals surface area (Å²) >= 11 is 0. The van der Waals surface area contributed by atoms with E-state index in [4.69, 9.17) is 4.74 Å². The predicted octanol–water partition coefficient (Wildman–Crippen LogP) is 3.90. The van der Waals surface area contributed by atoms with Gasteiger partial charge in [0.15, 0.2) is 11.6 Å². The van der Waals surface area contributed by atoms with Crippen LogP contribution >= 0.6 is 0 Å². The van der Waals surface area contributed by atoms with Gasteiger partial charge in [0.2, 0.25) is 0 Å². The molecular formula is C15H23F2NO. The number of ether oxygens (including phenoxy) is 1. The van der Waals surface area contributed by atoms with Crippen molar-refractivity contribution in [3.8, 4) is 5.75 Å². The molecule has 1 rings (SSSR count). The average Bonchev–Trinajstić information content (AvgIpc) is 2.39. The zero-order chi connectivity index (χ0) is 14.1. The molecule has 1 unspecified atom stereocenters. The summed E-state index contributed by atoms with van der Waals surface area (Å²) in [5.74, 6) is -1.37. The first-order valence-electron chi connectivity index (χ1n) is 6.94. The zero-order valence-electron chi connectivity index (χ0n) is 11.7. The van der Waals surface area contributed by atoms with Gasteiger partial charge >= 0.3 is 0 Å². The Labute approximate surface area is 114 Å². The first kappa shape index (κ1) is 15.9. The smallest absolute Gasteiger partial charge is 0.162 e. The van der Waals surface area contributed by atoms with Crippen LogP contribution in [0.1, 0.15) is 39.5 Å². The van der Waals surface area contributed by atoms with Gasteiger partial charge in [-0.15, -0.1) is 0 Å². The van der Waals surface area contributed by atoms with Crippen LogP contribution in [-0.4, -0.2) is 19.2 Å². The van der Waals surface area contributed by atoms with E-state index >= 15 is 0 Å². The highest BCUT2D eigenvalue weighted by Gasteiger charge is 2.04. The Kier molecular flexibility index (Phi) is 7.41. The normalized spacial score (nSPS) is 12.4. The van der Waals surface area contributed by atoms with Crippen LogP contribution in [0.2, 0.25) is 0 Å². The maximum atomic E-state index is 12.9. The predicted molar refractivity (Wildman–Crippen MR) is 73.5 cm³/mol. The third kappa shape index (κ3) is 6.53. The van der Waals surface area contributed by atoms with Crippen molar-refractivity contribution in [3.63, 3.8) is 0 Å². The van der Waals surface area contributed by atoms with Crippen LogP contribution in [0.15, 0.2) is 18.2 Å². The second-order valence-corrected chi connectivity index (χ2v) is 4.78. The van der Waals surface area contributed by atoms with E-state index < -0.39 is 11.6 Å². The van der Waals surface area contributed by atoms with Crippen molar-refractivity contribution in [1.29, 1.82) is 0 Å². The number of hydrogen-bond acceptors (Lipinski definition) is 2. The molecule has 1 N–H and O–H groups in total. The molecule has 1 aromatic carbocycles. The molecule has 0 spiro atoms.